The van der Waals surface area contributed by atoms with Crippen LogP contribution in [0.4, 0.5) is 0 Å². The molecule has 0 aromatic carbocycles. The van der Waals surface area contributed by atoms with Crippen molar-refractivity contribution in [3.8, 4) is 0 Å². The molecule has 0 aliphatic rings. The summed E-state index contributed by atoms with van der Waals surface area (Å²) in [7, 11) is 0. The molecule has 0 unspecified atom stereocenters. The van der Waals surface area contributed by atoms with Gasteiger partial charge in [-0.25, -0.2) is 15.0 Å². The molecular weight excluding hydrogens is 180 g/mol. The number of rotatable bonds is 3. The first-order valence-corrected chi connectivity index (χ1v) is 4.11. The topological polar surface area (TPSA) is 60.7 Å². The molecule has 0 radical (unpaired) electrons. The fraction of sp³-hybridized carbons (Fsp3) is 0.111. The number of imidazole rings is 1. The van der Waals surface area contributed by atoms with Crippen LogP contribution in [0.5, 0.6) is 0 Å². The summed E-state index contributed by atoms with van der Waals surface area (Å²) in [5.74, 6) is 0.697. The maximum absolute atomic E-state index is 10.4. The van der Waals surface area contributed by atoms with Crippen LogP contribution in [0, 0.1) is 0 Å². The Morgan fingerprint density at radius 3 is 2.71 bits per heavy atom. The van der Waals surface area contributed by atoms with E-state index in [1.807, 2.05) is 0 Å². The molecule has 0 aliphatic heterocycles. The van der Waals surface area contributed by atoms with Crippen LogP contribution in [-0.2, 0) is 6.54 Å². The van der Waals surface area contributed by atoms with E-state index in [1.54, 1.807) is 35.6 Å². The highest BCUT2D eigenvalue weighted by Crippen LogP contribution is 1.96. The highest BCUT2D eigenvalue weighted by atomic mass is 16.1. The van der Waals surface area contributed by atoms with Crippen LogP contribution in [0.3, 0.4) is 0 Å². The fourth-order valence-corrected chi connectivity index (χ4v) is 1.10. The first-order valence-electron chi connectivity index (χ1n) is 4.11. The summed E-state index contributed by atoms with van der Waals surface area (Å²) in [4.78, 5) is 22.4. The van der Waals surface area contributed by atoms with E-state index in [2.05, 4.69) is 15.0 Å². The molecule has 14 heavy (non-hydrogen) atoms. The second kappa shape index (κ2) is 3.78. The van der Waals surface area contributed by atoms with Gasteiger partial charge in [0.15, 0.2) is 6.29 Å². The zero-order valence-electron chi connectivity index (χ0n) is 7.37. The lowest BCUT2D eigenvalue weighted by molar-refractivity contribution is 0.111. The Balaban J connectivity index is 2.15. The molecule has 0 saturated carbocycles. The van der Waals surface area contributed by atoms with Crippen molar-refractivity contribution in [2.45, 2.75) is 6.54 Å². The second-order valence-corrected chi connectivity index (χ2v) is 2.75. The highest BCUT2D eigenvalue weighted by Gasteiger charge is 1.99. The van der Waals surface area contributed by atoms with E-state index in [1.165, 1.54) is 0 Å². The van der Waals surface area contributed by atoms with Gasteiger partial charge in [-0.1, -0.05) is 0 Å². The van der Waals surface area contributed by atoms with Gasteiger partial charge < -0.3 is 4.57 Å². The van der Waals surface area contributed by atoms with Crippen molar-refractivity contribution in [1.29, 1.82) is 0 Å². The van der Waals surface area contributed by atoms with Crippen molar-refractivity contribution in [1.82, 2.24) is 19.5 Å². The Morgan fingerprint density at radius 2 is 2.07 bits per heavy atom. The van der Waals surface area contributed by atoms with E-state index in [-0.39, 0.29) is 0 Å². The van der Waals surface area contributed by atoms with Gasteiger partial charge in [-0.2, -0.15) is 0 Å². The van der Waals surface area contributed by atoms with Gasteiger partial charge in [0.1, 0.15) is 11.5 Å². The number of nitrogens with zero attached hydrogens (tertiary/aromatic N) is 4. The van der Waals surface area contributed by atoms with Crippen molar-refractivity contribution in [3.05, 3.63) is 42.5 Å². The van der Waals surface area contributed by atoms with Crippen LogP contribution in [0.15, 0.2) is 31.0 Å². The van der Waals surface area contributed by atoms with E-state index in [4.69, 9.17) is 0 Å². The third-order valence-corrected chi connectivity index (χ3v) is 1.72. The van der Waals surface area contributed by atoms with Gasteiger partial charge in [0.05, 0.1) is 12.9 Å². The van der Waals surface area contributed by atoms with Crippen LogP contribution >= 0.6 is 0 Å². The molecule has 0 N–H and O–H groups in total. The maximum atomic E-state index is 10.4. The molecule has 2 aromatic rings. The van der Waals surface area contributed by atoms with Crippen LogP contribution in [-0.4, -0.2) is 25.8 Å². The monoisotopic (exact) mass is 188 g/mol. The van der Waals surface area contributed by atoms with E-state index in [0.717, 1.165) is 0 Å². The number of aromatic nitrogens is 4. The number of carbonyl (C=O) groups excluding carboxylic acids is 1. The molecular formula is C9H8N4O. The van der Waals surface area contributed by atoms with Gasteiger partial charge in [-0.15, -0.1) is 0 Å². The van der Waals surface area contributed by atoms with Gasteiger partial charge >= 0.3 is 0 Å². The molecule has 70 valence electrons. The molecule has 5 heteroatoms. The minimum atomic E-state index is 0.418. The number of hydrogen-bond donors (Lipinski definition) is 0. The Kier molecular flexibility index (Phi) is 2.31. The van der Waals surface area contributed by atoms with E-state index >= 15 is 0 Å². The minimum Gasteiger partial charge on any atom is -0.329 e. The van der Waals surface area contributed by atoms with Crippen molar-refractivity contribution < 1.29 is 4.79 Å². The molecule has 0 bridgehead atoms. The average molecular weight is 188 g/mol. The summed E-state index contributed by atoms with van der Waals surface area (Å²) in [6.45, 7) is 0.529. The van der Waals surface area contributed by atoms with Crippen molar-refractivity contribution >= 4 is 6.29 Å². The molecule has 0 fully saturated rings. The molecule has 0 aliphatic carbocycles. The van der Waals surface area contributed by atoms with Gasteiger partial charge in [-0.3, -0.25) is 4.79 Å². The zero-order valence-corrected chi connectivity index (χ0v) is 7.37. The molecule has 2 heterocycles. The van der Waals surface area contributed by atoms with Crippen molar-refractivity contribution in [2.75, 3.05) is 0 Å². The standard InChI is InChI=1S/C9H8N4O/c14-6-8-4-13(7-12-8)5-9-10-2-1-3-11-9/h1-4,6-7H,5H2. The Morgan fingerprint density at radius 1 is 1.29 bits per heavy atom. The molecule has 0 amide bonds. The van der Waals surface area contributed by atoms with Gasteiger partial charge in [0, 0.05) is 18.6 Å². The molecule has 0 atom stereocenters. The van der Waals surface area contributed by atoms with Crippen molar-refractivity contribution in [3.63, 3.8) is 0 Å². The Bertz CT molecular complexity index is 423. The number of aldehydes is 1. The number of hydrogen-bond acceptors (Lipinski definition) is 4. The minimum absolute atomic E-state index is 0.418. The summed E-state index contributed by atoms with van der Waals surface area (Å²) >= 11 is 0. The lowest BCUT2D eigenvalue weighted by Gasteiger charge is -1.98. The third-order valence-electron chi connectivity index (χ3n) is 1.72. The van der Waals surface area contributed by atoms with Crippen LogP contribution in [0.1, 0.15) is 16.3 Å². The fourth-order valence-electron chi connectivity index (χ4n) is 1.10. The second-order valence-electron chi connectivity index (χ2n) is 2.75. The molecule has 2 rings (SSSR count). The Labute approximate surface area is 80.5 Å². The SMILES string of the molecule is O=Cc1cn(Cc2ncccn2)cn1. The first-order chi connectivity index (χ1) is 6.88. The summed E-state index contributed by atoms with van der Waals surface area (Å²) in [6.07, 6.45) is 7.31. The highest BCUT2D eigenvalue weighted by molar-refractivity contribution is 5.70. The average Bonchev–Trinajstić information content (AvgIpc) is 2.67. The molecule has 0 saturated heterocycles. The first kappa shape index (κ1) is 8.55. The third kappa shape index (κ3) is 1.82. The predicted octanol–water partition coefficient (Wildman–Crippen LogP) is 0.534. The van der Waals surface area contributed by atoms with Crippen LogP contribution in [0.25, 0.3) is 0 Å². The predicted molar refractivity (Wildman–Crippen MR) is 48.7 cm³/mol. The summed E-state index contributed by atoms with van der Waals surface area (Å²) in [5, 5.41) is 0. The van der Waals surface area contributed by atoms with E-state index in [0.29, 0.717) is 24.3 Å². The lowest BCUT2D eigenvalue weighted by Crippen LogP contribution is -2.01. The quantitative estimate of drug-likeness (QED) is 0.659. The maximum Gasteiger partial charge on any atom is 0.169 e. The van der Waals surface area contributed by atoms with Crippen LogP contribution < -0.4 is 0 Å². The largest absolute Gasteiger partial charge is 0.329 e. The number of carbonyl (C=O) groups is 1. The van der Waals surface area contributed by atoms with Gasteiger partial charge in [0.25, 0.3) is 0 Å². The molecule has 2 aromatic heterocycles. The molecule has 5 nitrogen and oxygen atoms in total. The summed E-state index contributed by atoms with van der Waals surface area (Å²) < 4.78 is 1.76. The summed E-state index contributed by atoms with van der Waals surface area (Å²) in [6, 6.07) is 1.76. The van der Waals surface area contributed by atoms with Gasteiger partial charge in [0.2, 0.25) is 0 Å². The van der Waals surface area contributed by atoms with Crippen LogP contribution in [0.2, 0.25) is 0 Å². The van der Waals surface area contributed by atoms with E-state index in [9.17, 15) is 4.79 Å². The smallest absolute Gasteiger partial charge is 0.169 e. The van der Waals surface area contributed by atoms with E-state index < -0.39 is 0 Å². The van der Waals surface area contributed by atoms with Crippen molar-refractivity contribution in [2.24, 2.45) is 0 Å². The van der Waals surface area contributed by atoms with Gasteiger partial charge in [-0.05, 0) is 6.07 Å². The Hall–Kier alpha value is -2.04. The lowest BCUT2D eigenvalue weighted by atomic mass is 10.5. The zero-order chi connectivity index (χ0) is 9.80. The summed E-state index contributed by atoms with van der Waals surface area (Å²) in [5.41, 5.74) is 0.418. The molecule has 0 spiro atoms. The normalized spacial score (nSPS) is 10.0.